The number of aliphatic imine (C=N–C) groups is 1. The summed E-state index contributed by atoms with van der Waals surface area (Å²) in [5.74, 6) is 0.0180. The zero-order valence-corrected chi connectivity index (χ0v) is 11.9. The normalized spacial score (nSPS) is 10.8. The molecular weight excluding hydrogens is 284 g/mol. The molecule has 7 heteroatoms. The van der Waals surface area contributed by atoms with Gasteiger partial charge < -0.3 is 9.47 Å². The van der Waals surface area contributed by atoms with Crippen LogP contribution in [-0.2, 0) is 9.47 Å². The van der Waals surface area contributed by atoms with E-state index in [1.807, 2.05) is 0 Å². The van der Waals surface area contributed by atoms with Crippen LogP contribution in [0.2, 0.25) is 5.02 Å². The lowest BCUT2D eigenvalue weighted by Crippen LogP contribution is -2.32. The van der Waals surface area contributed by atoms with Gasteiger partial charge in [-0.05, 0) is 26.0 Å². The van der Waals surface area contributed by atoms with E-state index in [0.717, 1.165) is 0 Å². The number of carbonyl (C=O) groups excluding carboxylic acids is 2. The summed E-state index contributed by atoms with van der Waals surface area (Å²) in [7, 11) is 0. The van der Waals surface area contributed by atoms with Crippen LogP contribution in [0.3, 0.4) is 0 Å². The van der Waals surface area contributed by atoms with Crippen molar-refractivity contribution in [2.75, 3.05) is 13.2 Å². The standard InChI is InChI=1S/C13H15ClN2O4/c1-3-19-12(17)15-11(16-13(18)20-4-2)9-6-5-7-10(14)8-9/h5-8H,3-4H2,1-2H3,(H,15,16,17,18). The Balaban J connectivity index is 3.00. The zero-order valence-electron chi connectivity index (χ0n) is 11.2. The number of hydrogen-bond donors (Lipinski definition) is 1. The highest BCUT2D eigenvalue weighted by Crippen LogP contribution is 2.11. The molecule has 0 unspecified atom stereocenters. The molecule has 2 amide bonds. The molecule has 0 radical (unpaired) electrons. The average Bonchev–Trinajstić information content (AvgIpc) is 2.38. The fourth-order valence-corrected chi connectivity index (χ4v) is 1.50. The molecule has 0 atom stereocenters. The molecule has 0 heterocycles. The first-order valence-corrected chi connectivity index (χ1v) is 6.39. The van der Waals surface area contributed by atoms with Gasteiger partial charge in [-0.3, -0.25) is 5.32 Å². The maximum Gasteiger partial charge on any atom is 0.435 e. The number of rotatable bonds is 3. The van der Waals surface area contributed by atoms with Gasteiger partial charge in [0.15, 0.2) is 0 Å². The van der Waals surface area contributed by atoms with Gasteiger partial charge >= 0.3 is 12.2 Å². The van der Waals surface area contributed by atoms with Crippen LogP contribution in [0.4, 0.5) is 9.59 Å². The van der Waals surface area contributed by atoms with Gasteiger partial charge in [-0.25, -0.2) is 9.59 Å². The highest BCUT2D eigenvalue weighted by Gasteiger charge is 2.12. The quantitative estimate of drug-likeness (QED) is 0.687. The summed E-state index contributed by atoms with van der Waals surface area (Å²) in [6.07, 6.45) is -1.52. The molecule has 20 heavy (non-hydrogen) atoms. The van der Waals surface area contributed by atoms with Crippen molar-refractivity contribution >= 4 is 29.6 Å². The van der Waals surface area contributed by atoms with Crippen LogP contribution in [-0.4, -0.2) is 31.2 Å². The zero-order chi connectivity index (χ0) is 15.0. The third kappa shape index (κ3) is 5.27. The van der Waals surface area contributed by atoms with E-state index >= 15 is 0 Å². The molecule has 108 valence electrons. The molecule has 1 N–H and O–H groups in total. The maximum atomic E-state index is 11.5. The van der Waals surface area contributed by atoms with Crippen LogP contribution >= 0.6 is 11.6 Å². The predicted octanol–water partition coefficient (Wildman–Crippen LogP) is 2.99. The molecule has 0 saturated carbocycles. The van der Waals surface area contributed by atoms with Gasteiger partial charge in [-0.1, -0.05) is 23.7 Å². The summed E-state index contributed by atoms with van der Waals surface area (Å²) in [6.45, 7) is 3.71. The SMILES string of the molecule is CCOC(=O)N=C(NC(=O)OCC)c1cccc(Cl)c1. The Hall–Kier alpha value is -2.08. The largest absolute Gasteiger partial charge is 0.450 e. The van der Waals surface area contributed by atoms with Crippen molar-refractivity contribution in [3.8, 4) is 0 Å². The van der Waals surface area contributed by atoms with Crippen molar-refractivity contribution in [1.82, 2.24) is 5.32 Å². The highest BCUT2D eigenvalue weighted by molar-refractivity contribution is 6.31. The Morgan fingerprint density at radius 3 is 2.55 bits per heavy atom. The Bertz CT molecular complexity index is 517. The van der Waals surface area contributed by atoms with Gasteiger partial charge in [0.2, 0.25) is 0 Å². The summed E-state index contributed by atoms with van der Waals surface area (Å²) in [5, 5.41) is 2.83. The molecule has 0 aromatic heterocycles. The number of nitrogens with one attached hydrogen (secondary N) is 1. The molecule has 0 aliphatic rings. The second-order valence-electron chi connectivity index (χ2n) is 3.52. The van der Waals surface area contributed by atoms with Crippen LogP contribution in [0, 0.1) is 0 Å². The highest BCUT2D eigenvalue weighted by atomic mass is 35.5. The second kappa shape index (κ2) is 8.16. The fraction of sp³-hybridized carbons (Fsp3) is 0.308. The van der Waals surface area contributed by atoms with Gasteiger partial charge in [0.1, 0.15) is 5.84 Å². The third-order valence-electron chi connectivity index (χ3n) is 2.06. The number of alkyl carbamates (subject to hydrolysis) is 1. The van der Waals surface area contributed by atoms with Gasteiger partial charge in [0, 0.05) is 10.6 Å². The van der Waals surface area contributed by atoms with Crippen LogP contribution in [0.1, 0.15) is 19.4 Å². The Labute approximate surface area is 121 Å². The van der Waals surface area contributed by atoms with E-state index in [0.29, 0.717) is 10.6 Å². The van der Waals surface area contributed by atoms with Gasteiger partial charge in [0.25, 0.3) is 0 Å². The summed E-state index contributed by atoms with van der Waals surface area (Å²) < 4.78 is 9.46. The molecule has 6 nitrogen and oxygen atoms in total. The number of benzene rings is 1. The first kappa shape index (κ1) is 16.0. The van der Waals surface area contributed by atoms with Crippen LogP contribution in [0.15, 0.2) is 29.3 Å². The molecule has 1 rings (SSSR count). The van der Waals surface area contributed by atoms with Gasteiger partial charge in [-0.15, -0.1) is 0 Å². The van der Waals surface area contributed by atoms with Crippen molar-refractivity contribution in [2.24, 2.45) is 4.99 Å². The summed E-state index contributed by atoms with van der Waals surface area (Å²) in [5.41, 5.74) is 0.471. The van der Waals surface area contributed by atoms with Crippen molar-refractivity contribution in [3.63, 3.8) is 0 Å². The summed E-state index contributed by atoms with van der Waals surface area (Å²) in [6, 6.07) is 6.55. The molecule has 0 aliphatic heterocycles. The van der Waals surface area contributed by atoms with E-state index in [4.69, 9.17) is 21.1 Å². The van der Waals surface area contributed by atoms with Crippen molar-refractivity contribution in [1.29, 1.82) is 0 Å². The lowest BCUT2D eigenvalue weighted by atomic mass is 10.2. The molecule has 0 bridgehead atoms. The minimum absolute atomic E-state index is 0.0180. The van der Waals surface area contributed by atoms with Gasteiger partial charge in [-0.2, -0.15) is 4.99 Å². The molecule has 0 fully saturated rings. The molecule has 0 aliphatic carbocycles. The maximum absolute atomic E-state index is 11.5. The summed E-state index contributed by atoms with van der Waals surface area (Å²) >= 11 is 5.87. The molecule has 1 aromatic carbocycles. The predicted molar refractivity (Wildman–Crippen MR) is 75.2 cm³/mol. The van der Waals surface area contributed by atoms with Crippen LogP contribution < -0.4 is 5.32 Å². The Morgan fingerprint density at radius 2 is 1.95 bits per heavy atom. The number of carbonyl (C=O) groups is 2. The average molecular weight is 299 g/mol. The summed E-state index contributed by atoms with van der Waals surface area (Å²) in [4.78, 5) is 26.6. The molecule has 0 saturated heterocycles. The van der Waals surface area contributed by atoms with E-state index in [2.05, 4.69) is 10.3 Å². The topological polar surface area (TPSA) is 77.0 Å². The van der Waals surface area contributed by atoms with E-state index in [1.54, 1.807) is 38.1 Å². The Kier molecular flexibility index (Phi) is 6.52. The second-order valence-corrected chi connectivity index (χ2v) is 3.95. The van der Waals surface area contributed by atoms with Crippen molar-refractivity contribution in [2.45, 2.75) is 13.8 Å². The molecular formula is C13H15ClN2O4. The number of amides is 2. The molecule has 1 aromatic rings. The number of ether oxygens (including phenoxy) is 2. The van der Waals surface area contributed by atoms with E-state index in [-0.39, 0.29) is 19.0 Å². The van der Waals surface area contributed by atoms with Crippen LogP contribution in [0.25, 0.3) is 0 Å². The van der Waals surface area contributed by atoms with Crippen LogP contribution in [0.5, 0.6) is 0 Å². The lowest BCUT2D eigenvalue weighted by molar-refractivity contribution is 0.157. The fourth-order valence-electron chi connectivity index (χ4n) is 1.31. The van der Waals surface area contributed by atoms with E-state index in [9.17, 15) is 9.59 Å². The first-order chi connectivity index (χ1) is 9.56. The van der Waals surface area contributed by atoms with E-state index in [1.165, 1.54) is 0 Å². The third-order valence-corrected chi connectivity index (χ3v) is 2.30. The van der Waals surface area contributed by atoms with E-state index < -0.39 is 12.2 Å². The number of halogens is 1. The minimum Gasteiger partial charge on any atom is -0.450 e. The van der Waals surface area contributed by atoms with Gasteiger partial charge in [0.05, 0.1) is 13.2 Å². The number of hydrogen-bond acceptors (Lipinski definition) is 4. The van der Waals surface area contributed by atoms with Crippen molar-refractivity contribution < 1.29 is 19.1 Å². The van der Waals surface area contributed by atoms with Crippen molar-refractivity contribution in [3.05, 3.63) is 34.9 Å². The Morgan fingerprint density at radius 1 is 1.25 bits per heavy atom. The monoisotopic (exact) mass is 298 g/mol. The molecule has 0 spiro atoms. The smallest absolute Gasteiger partial charge is 0.435 e. The lowest BCUT2D eigenvalue weighted by Gasteiger charge is -2.09. The number of nitrogens with zero attached hydrogens (tertiary/aromatic N) is 1. The minimum atomic E-state index is -0.806. The number of amidine groups is 1. The first-order valence-electron chi connectivity index (χ1n) is 6.02.